The van der Waals surface area contributed by atoms with Crippen molar-refractivity contribution in [2.45, 2.75) is 11.3 Å². The second-order valence-electron chi connectivity index (χ2n) is 4.25. The molecule has 0 unspecified atom stereocenters. The van der Waals surface area contributed by atoms with Gasteiger partial charge in [-0.05, 0) is 18.2 Å². The van der Waals surface area contributed by atoms with E-state index >= 15 is 0 Å². The topological polar surface area (TPSA) is 104 Å². The quantitative estimate of drug-likeness (QED) is 0.421. The number of aromatic nitrogens is 2. The van der Waals surface area contributed by atoms with Crippen molar-refractivity contribution in [1.82, 2.24) is 10.2 Å². The first kappa shape index (κ1) is 16.2. The predicted molar refractivity (Wildman–Crippen MR) is 86.9 cm³/mol. The molecule has 2 rings (SSSR count). The molecule has 7 nitrogen and oxygen atoms in total. The normalized spacial score (nSPS) is 10.3. The van der Waals surface area contributed by atoms with Crippen LogP contribution in [0.1, 0.15) is 17.3 Å². The van der Waals surface area contributed by atoms with Crippen molar-refractivity contribution >= 4 is 45.6 Å². The van der Waals surface area contributed by atoms with Gasteiger partial charge >= 0.3 is 0 Å². The number of hydrogen-bond donors (Lipinski definition) is 3. The summed E-state index contributed by atoms with van der Waals surface area (Å²) in [6.07, 6.45) is 0. The maximum absolute atomic E-state index is 12.2. The number of carbonyl (C=O) groups excluding carboxylic acids is 2. The molecule has 0 radical (unpaired) electrons. The fraction of sp³-hybridized carbons (Fsp3) is 0.231. The average molecular weight is 338 g/mol. The van der Waals surface area contributed by atoms with Crippen LogP contribution in [0.4, 0.5) is 10.8 Å². The molecule has 0 aliphatic rings. The van der Waals surface area contributed by atoms with Gasteiger partial charge in [0.2, 0.25) is 11.0 Å². The van der Waals surface area contributed by atoms with Gasteiger partial charge in [-0.2, -0.15) is 0 Å². The summed E-state index contributed by atoms with van der Waals surface area (Å²) in [5.41, 5.74) is 0.629. The van der Waals surface area contributed by atoms with Crippen LogP contribution < -0.4 is 10.6 Å². The van der Waals surface area contributed by atoms with E-state index in [4.69, 9.17) is 0 Å². The van der Waals surface area contributed by atoms with Crippen LogP contribution in [0.25, 0.3) is 0 Å². The number of benzene rings is 1. The Hall–Kier alpha value is -2.13. The van der Waals surface area contributed by atoms with Gasteiger partial charge in [0, 0.05) is 19.5 Å². The molecule has 1 heterocycles. The zero-order valence-electron chi connectivity index (χ0n) is 11.9. The minimum atomic E-state index is -0.317. The Balaban J connectivity index is 2.04. The van der Waals surface area contributed by atoms with Crippen LogP contribution in [0.2, 0.25) is 0 Å². The van der Waals surface area contributed by atoms with Crippen molar-refractivity contribution < 1.29 is 14.7 Å². The lowest BCUT2D eigenvalue weighted by Crippen LogP contribution is -2.08. The van der Waals surface area contributed by atoms with Crippen LogP contribution in [0, 0.1) is 0 Å². The average Bonchev–Trinajstić information content (AvgIpc) is 2.94. The van der Waals surface area contributed by atoms with Crippen molar-refractivity contribution in [1.29, 1.82) is 0 Å². The van der Waals surface area contributed by atoms with E-state index < -0.39 is 0 Å². The molecule has 2 aromatic rings. The first-order valence-electron chi connectivity index (χ1n) is 6.27. The van der Waals surface area contributed by atoms with Crippen LogP contribution in [0.3, 0.4) is 0 Å². The maximum Gasteiger partial charge on any atom is 0.221 e. The SMILES string of the molecule is CNc1nnc(SCC(=O)c2ccc(O)c(NC(C)=O)c2)s1. The van der Waals surface area contributed by atoms with Crippen molar-refractivity contribution in [3.63, 3.8) is 0 Å². The Kier molecular flexibility index (Phi) is 5.34. The molecule has 3 N–H and O–H groups in total. The van der Waals surface area contributed by atoms with Crippen LogP contribution in [-0.4, -0.2) is 39.8 Å². The lowest BCUT2D eigenvalue weighted by molar-refractivity contribution is -0.114. The van der Waals surface area contributed by atoms with Gasteiger partial charge in [-0.15, -0.1) is 10.2 Å². The summed E-state index contributed by atoms with van der Waals surface area (Å²) in [6, 6.07) is 4.36. The third-order valence-corrected chi connectivity index (χ3v) is 4.65. The molecule has 1 amide bonds. The van der Waals surface area contributed by atoms with E-state index in [0.29, 0.717) is 15.0 Å². The molecule has 9 heteroatoms. The minimum absolute atomic E-state index is 0.0813. The predicted octanol–water partition coefficient (Wildman–Crippen LogP) is 2.22. The molecule has 0 saturated carbocycles. The van der Waals surface area contributed by atoms with Crippen molar-refractivity contribution in [2.24, 2.45) is 0 Å². The Morgan fingerprint density at radius 3 is 2.77 bits per heavy atom. The molecule has 0 fully saturated rings. The lowest BCUT2D eigenvalue weighted by atomic mass is 10.1. The number of nitrogens with zero attached hydrogens (tertiary/aromatic N) is 2. The molecular weight excluding hydrogens is 324 g/mol. The highest BCUT2D eigenvalue weighted by atomic mass is 32.2. The molecule has 0 aliphatic heterocycles. The van der Waals surface area contributed by atoms with Gasteiger partial charge in [0.25, 0.3) is 0 Å². The van der Waals surface area contributed by atoms with Gasteiger partial charge < -0.3 is 15.7 Å². The van der Waals surface area contributed by atoms with E-state index in [9.17, 15) is 14.7 Å². The molecule has 1 aromatic carbocycles. The van der Waals surface area contributed by atoms with E-state index in [1.54, 1.807) is 7.05 Å². The highest BCUT2D eigenvalue weighted by Crippen LogP contribution is 2.28. The van der Waals surface area contributed by atoms with Crippen LogP contribution in [0.5, 0.6) is 5.75 Å². The lowest BCUT2D eigenvalue weighted by Gasteiger charge is -2.07. The van der Waals surface area contributed by atoms with Crippen LogP contribution in [-0.2, 0) is 4.79 Å². The molecule has 0 spiro atoms. The smallest absolute Gasteiger partial charge is 0.221 e. The number of nitrogens with one attached hydrogen (secondary N) is 2. The second kappa shape index (κ2) is 7.23. The summed E-state index contributed by atoms with van der Waals surface area (Å²) >= 11 is 2.65. The zero-order valence-corrected chi connectivity index (χ0v) is 13.5. The Morgan fingerprint density at radius 2 is 2.14 bits per heavy atom. The molecule has 22 heavy (non-hydrogen) atoms. The summed E-state index contributed by atoms with van der Waals surface area (Å²) in [4.78, 5) is 23.2. The summed E-state index contributed by atoms with van der Waals surface area (Å²) < 4.78 is 0.693. The fourth-order valence-corrected chi connectivity index (χ4v) is 3.18. The monoisotopic (exact) mass is 338 g/mol. The molecule has 116 valence electrons. The number of ketones is 1. The number of rotatable bonds is 6. The fourth-order valence-electron chi connectivity index (χ4n) is 1.58. The number of hydrogen-bond acceptors (Lipinski definition) is 8. The van der Waals surface area contributed by atoms with E-state index in [1.165, 1.54) is 48.2 Å². The first-order chi connectivity index (χ1) is 10.5. The van der Waals surface area contributed by atoms with E-state index in [2.05, 4.69) is 20.8 Å². The van der Waals surface area contributed by atoms with E-state index in [-0.39, 0.29) is 28.9 Å². The summed E-state index contributed by atoms with van der Waals surface area (Å²) in [6.45, 7) is 1.33. The van der Waals surface area contributed by atoms with Gasteiger partial charge in [-0.3, -0.25) is 9.59 Å². The number of aromatic hydroxyl groups is 1. The van der Waals surface area contributed by atoms with Crippen molar-refractivity contribution in [2.75, 3.05) is 23.4 Å². The Bertz CT molecular complexity index is 702. The summed E-state index contributed by atoms with van der Waals surface area (Å²) in [5.74, 6) is -0.328. The maximum atomic E-state index is 12.2. The highest BCUT2D eigenvalue weighted by Gasteiger charge is 2.12. The Labute approximate surface area is 135 Å². The third kappa shape index (κ3) is 4.18. The van der Waals surface area contributed by atoms with Crippen molar-refractivity contribution in [3.8, 4) is 5.75 Å². The molecule has 0 atom stereocenters. The third-order valence-electron chi connectivity index (χ3n) is 2.58. The van der Waals surface area contributed by atoms with Gasteiger partial charge in [-0.1, -0.05) is 23.1 Å². The second-order valence-corrected chi connectivity index (χ2v) is 6.45. The van der Waals surface area contributed by atoms with Gasteiger partial charge in [0.15, 0.2) is 10.1 Å². The summed E-state index contributed by atoms with van der Waals surface area (Å²) in [5, 5.41) is 23.5. The zero-order chi connectivity index (χ0) is 16.1. The standard InChI is InChI=1S/C13H14N4O3S2/c1-7(18)15-9-5-8(3-4-10(9)19)11(20)6-21-13-17-16-12(14-2)22-13/h3-5,19H,6H2,1-2H3,(H,14,16)(H,15,18). The number of phenolic OH excluding ortho intramolecular Hbond substituents is 1. The number of carbonyl (C=O) groups is 2. The first-order valence-corrected chi connectivity index (χ1v) is 8.07. The number of Topliss-reactive ketones (excluding diaryl/α,β-unsaturated/α-hetero) is 1. The van der Waals surface area contributed by atoms with E-state index in [1.807, 2.05) is 0 Å². The largest absolute Gasteiger partial charge is 0.506 e. The summed E-state index contributed by atoms with van der Waals surface area (Å²) in [7, 11) is 1.75. The van der Waals surface area contributed by atoms with Gasteiger partial charge in [0.05, 0.1) is 11.4 Å². The molecular formula is C13H14N4O3S2. The van der Waals surface area contributed by atoms with E-state index in [0.717, 1.165) is 0 Å². The number of thioether (sulfide) groups is 1. The Morgan fingerprint density at radius 1 is 1.36 bits per heavy atom. The van der Waals surface area contributed by atoms with Crippen molar-refractivity contribution in [3.05, 3.63) is 23.8 Å². The van der Waals surface area contributed by atoms with Gasteiger partial charge in [0.1, 0.15) is 5.75 Å². The van der Waals surface area contributed by atoms with Crippen LogP contribution >= 0.6 is 23.1 Å². The molecule has 1 aromatic heterocycles. The molecule has 0 saturated heterocycles. The highest BCUT2D eigenvalue weighted by molar-refractivity contribution is 8.01. The number of anilines is 2. The molecule has 0 bridgehead atoms. The van der Waals surface area contributed by atoms with Crippen LogP contribution in [0.15, 0.2) is 22.5 Å². The number of amides is 1. The molecule has 0 aliphatic carbocycles. The van der Waals surface area contributed by atoms with Gasteiger partial charge in [-0.25, -0.2) is 0 Å². The minimum Gasteiger partial charge on any atom is -0.506 e. The number of phenols is 1.